The third kappa shape index (κ3) is 6.18. The van der Waals surface area contributed by atoms with E-state index in [-0.39, 0.29) is 12.0 Å². The van der Waals surface area contributed by atoms with E-state index in [1.807, 2.05) is 6.07 Å². The molecule has 0 spiro atoms. The van der Waals surface area contributed by atoms with Gasteiger partial charge in [-0.05, 0) is 23.8 Å². The van der Waals surface area contributed by atoms with Crippen LogP contribution in [0.2, 0.25) is 0 Å². The second-order valence-corrected chi connectivity index (χ2v) is 6.45. The van der Waals surface area contributed by atoms with Gasteiger partial charge in [0.05, 0.1) is 12.7 Å². The number of esters is 2. The van der Waals surface area contributed by atoms with Crippen LogP contribution in [0.4, 0.5) is 4.39 Å². The molecule has 1 unspecified atom stereocenters. The van der Waals surface area contributed by atoms with Crippen molar-refractivity contribution in [2.24, 2.45) is 0 Å². The van der Waals surface area contributed by atoms with E-state index in [4.69, 9.17) is 9.47 Å². The van der Waals surface area contributed by atoms with Gasteiger partial charge in [-0.25, -0.2) is 14.0 Å². The van der Waals surface area contributed by atoms with Gasteiger partial charge in [-0.2, -0.15) is 0 Å². The largest absolute Gasteiger partial charge is 0.467 e. The average Bonchev–Trinajstić information content (AvgIpc) is 2.67. The first kappa shape index (κ1) is 20.6. The third-order valence-corrected chi connectivity index (χ3v) is 4.08. The fraction of sp³-hybridized carbons (Fsp3) is 0.211. The number of nitrogens with one attached hydrogen (secondary N) is 1. The van der Waals surface area contributed by atoms with Gasteiger partial charge in [-0.3, -0.25) is 4.79 Å². The predicted molar refractivity (Wildman–Crippen MR) is 98.5 cm³/mol. The molecular formula is C19H17BrFNO5. The molecule has 0 aromatic heterocycles. The van der Waals surface area contributed by atoms with E-state index in [1.165, 1.54) is 19.2 Å². The highest BCUT2D eigenvalue weighted by atomic mass is 79.9. The van der Waals surface area contributed by atoms with Gasteiger partial charge in [-0.1, -0.05) is 46.3 Å². The number of methoxy groups -OCH3 is 1. The molecule has 2 aromatic carbocycles. The maximum absolute atomic E-state index is 13.7. The zero-order valence-corrected chi connectivity index (χ0v) is 16.0. The summed E-state index contributed by atoms with van der Waals surface area (Å²) in [6.07, 6.45) is 0.216. The topological polar surface area (TPSA) is 81.7 Å². The molecular weight excluding hydrogens is 421 g/mol. The van der Waals surface area contributed by atoms with E-state index in [1.54, 1.807) is 24.3 Å². The number of rotatable bonds is 7. The summed E-state index contributed by atoms with van der Waals surface area (Å²) < 4.78 is 23.7. The van der Waals surface area contributed by atoms with Crippen LogP contribution in [0.15, 0.2) is 53.0 Å². The molecule has 2 rings (SSSR count). The fourth-order valence-electron chi connectivity index (χ4n) is 2.28. The Morgan fingerprint density at radius 1 is 1.15 bits per heavy atom. The minimum atomic E-state index is -0.985. The average molecular weight is 438 g/mol. The van der Waals surface area contributed by atoms with Crippen LogP contribution in [0, 0.1) is 5.82 Å². The number of halogens is 2. The predicted octanol–water partition coefficient (Wildman–Crippen LogP) is 2.65. The SMILES string of the molecule is COC(=O)C(Cc1ccccc1)NC(=O)COC(=O)c1cc(Br)ccc1F. The van der Waals surface area contributed by atoms with Crippen LogP contribution >= 0.6 is 15.9 Å². The number of amides is 1. The highest BCUT2D eigenvalue weighted by molar-refractivity contribution is 9.10. The van der Waals surface area contributed by atoms with E-state index < -0.39 is 36.3 Å². The molecule has 0 radical (unpaired) electrons. The Bertz CT molecular complexity index is 828. The number of hydrogen-bond donors (Lipinski definition) is 1. The molecule has 27 heavy (non-hydrogen) atoms. The van der Waals surface area contributed by atoms with Crippen LogP contribution in [0.1, 0.15) is 15.9 Å². The van der Waals surface area contributed by atoms with Gasteiger partial charge in [0.15, 0.2) is 6.61 Å². The van der Waals surface area contributed by atoms with Crippen LogP contribution in [0.5, 0.6) is 0 Å². The van der Waals surface area contributed by atoms with Crippen molar-refractivity contribution >= 4 is 33.8 Å². The quantitative estimate of drug-likeness (QED) is 0.673. The molecule has 2 aromatic rings. The number of ether oxygens (including phenoxy) is 2. The van der Waals surface area contributed by atoms with Gasteiger partial charge >= 0.3 is 11.9 Å². The van der Waals surface area contributed by atoms with Gasteiger partial charge in [0.25, 0.3) is 5.91 Å². The molecule has 8 heteroatoms. The minimum Gasteiger partial charge on any atom is -0.467 e. The van der Waals surface area contributed by atoms with Gasteiger partial charge in [0.2, 0.25) is 0 Å². The Labute approximate surface area is 163 Å². The smallest absolute Gasteiger partial charge is 0.341 e. The third-order valence-electron chi connectivity index (χ3n) is 3.59. The summed E-state index contributed by atoms with van der Waals surface area (Å²) in [5.41, 5.74) is 0.521. The zero-order chi connectivity index (χ0) is 19.8. The Balaban J connectivity index is 1.96. The van der Waals surface area contributed by atoms with Crippen molar-refractivity contribution in [2.45, 2.75) is 12.5 Å². The maximum atomic E-state index is 13.7. The van der Waals surface area contributed by atoms with Crippen molar-refractivity contribution in [1.82, 2.24) is 5.32 Å². The summed E-state index contributed by atoms with van der Waals surface area (Å²) in [6, 6.07) is 11.9. The lowest BCUT2D eigenvalue weighted by Crippen LogP contribution is -2.44. The Morgan fingerprint density at radius 2 is 1.85 bits per heavy atom. The number of hydrogen-bond acceptors (Lipinski definition) is 5. The Morgan fingerprint density at radius 3 is 2.52 bits per heavy atom. The lowest BCUT2D eigenvalue weighted by molar-refractivity contribution is -0.145. The van der Waals surface area contributed by atoms with Crippen molar-refractivity contribution in [3.8, 4) is 0 Å². The summed E-state index contributed by atoms with van der Waals surface area (Å²) in [7, 11) is 1.21. The maximum Gasteiger partial charge on any atom is 0.341 e. The van der Waals surface area contributed by atoms with Crippen molar-refractivity contribution in [1.29, 1.82) is 0 Å². The summed E-state index contributed by atoms with van der Waals surface area (Å²) in [5, 5.41) is 2.46. The molecule has 0 bridgehead atoms. The summed E-state index contributed by atoms with van der Waals surface area (Å²) >= 11 is 3.13. The fourth-order valence-corrected chi connectivity index (χ4v) is 2.65. The zero-order valence-electron chi connectivity index (χ0n) is 14.4. The van der Waals surface area contributed by atoms with Gasteiger partial charge in [-0.15, -0.1) is 0 Å². The Hall–Kier alpha value is -2.74. The first-order valence-corrected chi connectivity index (χ1v) is 8.73. The highest BCUT2D eigenvalue weighted by Gasteiger charge is 2.23. The van der Waals surface area contributed by atoms with E-state index in [9.17, 15) is 18.8 Å². The van der Waals surface area contributed by atoms with E-state index in [2.05, 4.69) is 21.2 Å². The van der Waals surface area contributed by atoms with Crippen LogP contribution in [0.25, 0.3) is 0 Å². The van der Waals surface area contributed by atoms with Crippen LogP contribution in [-0.4, -0.2) is 37.6 Å². The van der Waals surface area contributed by atoms with Crippen LogP contribution in [-0.2, 0) is 25.5 Å². The molecule has 1 atom stereocenters. The molecule has 1 N–H and O–H groups in total. The van der Waals surface area contributed by atoms with Gasteiger partial charge in [0, 0.05) is 10.9 Å². The highest BCUT2D eigenvalue weighted by Crippen LogP contribution is 2.16. The molecule has 142 valence electrons. The molecule has 0 aliphatic rings. The van der Waals surface area contributed by atoms with Crippen molar-refractivity contribution in [3.63, 3.8) is 0 Å². The Kier molecular flexibility index (Phi) is 7.48. The summed E-state index contributed by atoms with van der Waals surface area (Å²) in [4.78, 5) is 35.9. The number of carbonyl (C=O) groups is 3. The van der Waals surface area contributed by atoms with Crippen molar-refractivity contribution in [3.05, 3.63) is 69.9 Å². The summed E-state index contributed by atoms with van der Waals surface area (Å²) in [5.74, 6) is -3.08. The normalized spacial score (nSPS) is 11.4. The van der Waals surface area contributed by atoms with Crippen molar-refractivity contribution in [2.75, 3.05) is 13.7 Å². The van der Waals surface area contributed by atoms with Crippen molar-refractivity contribution < 1.29 is 28.2 Å². The molecule has 0 aliphatic carbocycles. The second-order valence-electron chi connectivity index (χ2n) is 5.53. The lowest BCUT2D eigenvalue weighted by atomic mass is 10.1. The molecule has 0 saturated carbocycles. The second kappa shape index (κ2) is 9.82. The summed E-state index contributed by atoms with van der Waals surface area (Å²) in [6.45, 7) is -0.660. The molecule has 0 saturated heterocycles. The lowest BCUT2D eigenvalue weighted by Gasteiger charge is -2.16. The van der Waals surface area contributed by atoms with E-state index in [0.29, 0.717) is 4.47 Å². The van der Waals surface area contributed by atoms with Gasteiger partial charge < -0.3 is 14.8 Å². The standard InChI is InChI=1S/C19H17BrFNO5/c1-26-19(25)16(9-12-5-3-2-4-6-12)22-17(23)11-27-18(24)14-10-13(20)7-8-15(14)21/h2-8,10,16H,9,11H2,1H3,(H,22,23). The van der Waals surface area contributed by atoms with E-state index >= 15 is 0 Å². The first-order valence-electron chi connectivity index (χ1n) is 7.94. The molecule has 0 fully saturated rings. The minimum absolute atomic E-state index is 0.216. The number of benzene rings is 2. The van der Waals surface area contributed by atoms with Gasteiger partial charge in [0.1, 0.15) is 11.9 Å². The van der Waals surface area contributed by atoms with Crippen LogP contribution in [0.3, 0.4) is 0 Å². The molecule has 0 aliphatic heterocycles. The molecule has 1 amide bonds. The van der Waals surface area contributed by atoms with E-state index in [0.717, 1.165) is 11.6 Å². The van der Waals surface area contributed by atoms with Crippen LogP contribution < -0.4 is 5.32 Å². The molecule has 0 heterocycles. The first-order chi connectivity index (χ1) is 12.9. The molecule has 6 nitrogen and oxygen atoms in total. The number of carbonyl (C=O) groups excluding carboxylic acids is 3. The monoisotopic (exact) mass is 437 g/mol.